The Balaban J connectivity index is 1.60. The number of guanidine groups is 1. The summed E-state index contributed by atoms with van der Waals surface area (Å²) in [5.74, 6) is 2.19. The highest BCUT2D eigenvalue weighted by Crippen LogP contribution is 2.24. The first-order chi connectivity index (χ1) is 11.9. The van der Waals surface area contributed by atoms with Crippen molar-refractivity contribution in [1.29, 1.82) is 0 Å². The monoisotopic (exact) mass is 362 g/mol. The van der Waals surface area contributed by atoms with E-state index in [9.17, 15) is 13.2 Å². The summed E-state index contributed by atoms with van der Waals surface area (Å²) in [6, 6.07) is 0.507. The lowest BCUT2D eigenvalue weighted by Crippen LogP contribution is -2.45. The average Bonchev–Trinajstić information content (AvgIpc) is 2.56. The van der Waals surface area contributed by atoms with Crippen molar-refractivity contribution < 1.29 is 13.2 Å². The lowest BCUT2D eigenvalue weighted by molar-refractivity contribution is -0.148. The number of likely N-dealkylation sites (tertiary alicyclic amines) is 1. The number of rotatable bonds is 5. The van der Waals surface area contributed by atoms with E-state index < -0.39 is 12.7 Å². The standard InChI is InChI=1S/C18H33F3N4/c1-14-3-5-16(6-4-14)24-17(22-2)23-10-7-15-8-11-25(12-9-15)13-18(19,20)21/h14-16H,3-13H2,1-2H3,(H2,22,23,24). The molecule has 0 aromatic carbocycles. The van der Waals surface area contributed by atoms with Crippen LogP contribution in [0.25, 0.3) is 0 Å². The van der Waals surface area contributed by atoms with E-state index in [4.69, 9.17) is 0 Å². The smallest absolute Gasteiger partial charge is 0.356 e. The van der Waals surface area contributed by atoms with Crippen molar-refractivity contribution in [1.82, 2.24) is 15.5 Å². The van der Waals surface area contributed by atoms with Crippen LogP contribution in [0.1, 0.15) is 51.9 Å². The van der Waals surface area contributed by atoms with E-state index in [1.54, 1.807) is 7.05 Å². The van der Waals surface area contributed by atoms with Gasteiger partial charge in [-0.25, -0.2) is 0 Å². The van der Waals surface area contributed by atoms with Crippen LogP contribution in [0.15, 0.2) is 4.99 Å². The van der Waals surface area contributed by atoms with Gasteiger partial charge in [0.2, 0.25) is 0 Å². The van der Waals surface area contributed by atoms with Crippen molar-refractivity contribution in [2.45, 2.75) is 64.1 Å². The number of alkyl halides is 3. The molecule has 0 amide bonds. The molecular weight excluding hydrogens is 329 g/mol. The number of hydrogen-bond acceptors (Lipinski definition) is 2. The predicted octanol–water partition coefficient (Wildman–Crippen LogP) is 3.39. The van der Waals surface area contributed by atoms with Crippen molar-refractivity contribution in [2.75, 3.05) is 33.2 Å². The molecule has 0 aromatic rings. The fraction of sp³-hybridized carbons (Fsp3) is 0.944. The largest absolute Gasteiger partial charge is 0.401 e. The fourth-order valence-corrected chi connectivity index (χ4v) is 3.87. The zero-order chi connectivity index (χ0) is 18.3. The summed E-state index contributed by atoms with van der Waals surface area (Å²) in [6.07, 6.45) is 3.54. The summed E-state index contributed by atoms with van der Waals surface area (Å²) in [7, 11) is 1.79. The van der Waals surface area contributed by atoms with Crippen molar-refractivity contribution >= 4 is 5.96 Å². The lowest BCUT2D eigenvalue weighted by Gasteiger charge is -2.32. The van der Waals surface area contributed by atoms with Crippen LogP contribution in [-0.2, 0) is 0 Å². The maximum Gasteiger partial charge on any atom is 0.401 e. The zero-order valence-corrected chi connectivity index (χ0v) is 15.5. The second-order valence-corrected chi connectivity index (χ2v) is 7.72. The third kappa shape index (κ3) is 7.84. The summed E-state index contributed by atoms with van der Waals surface area (Å²) >= 11 is 0. The first kappa shape index (κ1) is 20.3. The van der Waals surface area contributed by atoms with Gasteiger partial charge in [-0.05, 0) is 69.9 Å². The van der Waals surface area contributed by atoms with Crippen LogP contribution in [0.2, 0.25) is 0 Å². The molecule has 2 aliphatic rings. The number of nitrogens with one attached hydrogen (secondary N) is 2. The molecule has 146 valence electrons. The van der Waals surface area contributed by atoms with Crippen molar-refractivity contribution in [3.05, 3.63) is 0 Å². The number of piperidine rings is 1. The van der Waals surface area contributed by atoms with Gasteiger partial charge in [0.1, 0.15) is 0 Å². The van der Waals surface area contributed by atoms with E-state index in [0.29, 0.717) is 25.0 Å². The van der Waals surface area contributed by atoms with Gasteiger partial charge in [0, 0.05) is 19.6 Å². The quantitative estimate of drug-likeness (QED) is 0.582. The Kier molecular flexibility index (Phi) is 7.84. The summed E-state index contributed by atoms with van der Waals surface area (Å²) in [5.41, 5.74) is 0. The highest BCUT2D eigenvalue weighted by Gasteiger charge is 2.32. The highest BCUT2D eigenvalue weighted by atomic mass is 19.4. The van der Waals surface area contributed by atoms with Crippen molar-refractivity contribution in [3.8, 4) is 0 Å². The topological polar surface area (TPSA) is 39.7 Å². The highest BCUT2D eigenvalue weighted by molar-refractivity contribution is 5.79. The minimum Gasteiger partial charge on any atom is -0.356 e. The van der Waals surface area contributed by atoms with Crippen LogP contribution in [0.5, 0.6) is 0 Å². The summed E-state index contributed by atoms with van der Waals surface area (Å²) < 4.78 is 37.2. The van der Waals surface area contributed by atoms with Gasteiger partial charge in [-0.15, -0.1) is 0 Å². The Morgan fingerprint density at radius 2 is 1.72 bits per heavy atom. The predicted molar refractivity (Wildman–Crippen MR) is 95.8 cm³/mol. The van der Waals surface area contributed by atoms with Gasteiger partial charge >= 0.3 is 6.18 Å². The normalized spacial score (nSPS) is 27.3. The molecule has 1 heterocycles. The Bertz CT molecular complexity index is 409. The summed E-state index contributed by atoms with van der Waals surface area (Å²) in [6.45, 7) is 3.47. The molecule has 0 atom stereocenters. The second-order valence-electron chi connectivity index (χ2n) is 7.72. The maximum atomic E-state index is 12.4. The van der Waals surface area contributed by atoms with E-state index in [1.807, 2.05) is 0 Å². The van der Waals surface area contributed by atoms with Crippen LogP contribution >= 0.6 is 0 Å². The maximum absolute atomic E-state index is 12.4. The Labute approximate surface area is 149 Å². The van der Waals surface area contributed by atoms with Gasteiger partial charge in [0.25, 0.3) is 0 Å². The molecule has 0 spiro atoms. The van der Waals surface area contributed by atoms with E-state index in [1.165, 1.54) is 30.6 Å². The van der Waals surface area contributed by atoms with Gasteiger partial charge in [-0.1, -0.05) is 6.92 Å². The molecule has 2 N–H and O–H groups in total. The third-order valence-electron chi connectivity index (χ3n) is 5.54. The minimum atomic E-state index is -4.08. The van der Waals surface area contributed by atoms with Crippen molar-refractivity contribution in [2.24, 2.45) is 16.8 Å². The van der Waals surface area contributed by atoms with Gasteiger partial charge in [-0.2, -0.15) is 13.2 Å². The molecule has 0 radical (unpaired) electrons. The molecule has 1 saturated heterocycles. The summed E-state index contributed by atoms with van der Waals surface area (Å²) in [5, 5.41) is 6.87. The second kappa shape index (κ2) is 9.64. The molecule has 1 saturated carbocycles. The zero-order valence-electron chi connectivity index (χ0n) is 15.5. The molecule has 1 aliphatic carbocycles. The van der Waals surface area contributed by atoms with Crippen LogP contribution < -0.4 is 10.6 Å². The fourth-order valence-electron chi connectivity index (χ4n) is 3.87. The Hall–Kier alpha value is -0.980. The molecular formula is C18H33F3N4. The van der Waals surface area contributed by atoms with Gasteiger partial charge in [-0.3, -0.25) is 9.89 Å². The van der Waals surface area contributed by atoms with Crippen LogP contribution in [0.4, 0.5) is 13.2 Å². The Morgan fingerprint density at radius 3 is 2.28 bits per heavy atom. The lowest BCUT2D eigenvalue weighted by atomic mass is 9.87. The SMILES string of the molecule is CN=C(NCCC1CCN(CC(F)(F)F)CC1)NC1CCC(C)CC1. The Morgan fingerprint density at radius 1 is 1.08 bits per heavy atom. The van der Waals surface area contributed by atoms with Gasteiger partial charge < -0.3 is 10.6 Å². The molecule has 7 heteroatoms. The molecule has 0 unspecified atom stereocenters. The van der Waals surface area contributed by atoms with Crippen LogP contribution in [0.3, 0.4) is 0 Å². The molecule has 0 bridgehead atoms. The molecule has 25 heavy (non-hydrogen) atoms. The van der Waals surface area contributed by atoms with Crippen molar-refractivity contribution in [3.63, 3.8) is 0 Å². The number of halogens is 3. The first-order valence-corrected chi connectivity index (χ1v) is 9.62. The molecule has 1 aliphatic heterocycles. The molecule has 2 fully saturated rings. The van der Waals surface area contributed by atoms with E-state index in [-0.39, 0.29) is 0 Å². The van der Waals surface area contributed by atoms with E-state index >= 15 is 0 Å². The van der Waals surface area contributed by atoms with E-state index in [0.717, 1.165) is 37.7 Å². The molecule has 4 nitrogen and oxygen atoms in total. The first-order valence-electron chi connectivity index (χ1n) is 9.62. The third-order valence-corrected chi connectivity index (χ3v) is 5.54. The van der Waals surface area contributed by atoms with Crippen LogP contribution in [0, 0.1) is 11.8 Å². The minimum absolute atomic E-state index is 0.505. The average molecular weight is 362 g/mol. The van der Waals surface area contributed by atoms with Gasteiger partial charge in [0.05, 0.1) is 6.54 Å². The number of aliphatic imine (C=N–C) groups is 1. The molecule has 0 aromatic heterocycles. The van der Waals surface area contributed by atoms with E-state index in [2.05, 4.69) is 22.5 Å². The van der Waals surface area contributed by atoms with Crippen LogP contribution in [-0.4, -0.2) is 56.3 Å². The number of nitrogens with zero attached hydrogens (tertiary/aromatic N) is 2. The number of hydrogen-bond donors (Lipinski definition) is 2. The van der Waals surface area contributed by atoms with Gasteiger partial charge in [0.15, 0.2) is 5.96 Å². The summed E-state index contributed by atoms with van der Waals surface area (Å²) in [4.78, 5) is 5.82. The molecule has 2 rings (SSSR count).